The number of benzene rings is 1. The second-order valence-electron chi connectivity index (χ2n) is 5.86. The summed E-state index contributed by atoms with van der Waals surface area (Å²) in [6.07, 6.45) is 0.490. The van der Waals surface area contributed by atoms with Gasteiger partial charge in [-0.2, -0.15) is 0 Å². The molecule has 1 aromatic carbocycles. The molecule has 3 N–H and O–H groups in total. The summed E-state index contributed by atoms with van der Waals surface area (Å²) >= 11 is 0. The molecule has 5 heteroatoms. The summed E-state index contributed by atoms with van der Waals surface area (Å²) in [5.74, 6) is -0.916. The van der Waals surface area contributed by atoms with Crippen LogP contribution in [0.5, 0.6) is 0 Å². The second-order valence-corrected chi connectivity index (χ2v) is 5.86. The van der Waals surface area contributed by atoms with E-state index in [2.05, 4.69) is 22.0 Å². The van der Waals surface area contributed by atoms with Crippen LogP contribution in [-0.4, -0.2) is 39.6 Å². The van der Waals surface area contributed by atoms with Gasteiger partial charge in [-0.1, -0.05) is 18.2 Å². The van der Waals surface area contributed by atoms with E-state index in [-0.39, 0.29) is 0 Å². The van der Waals surface area contributed by atoms with E-state index in [4.69, 9.17) is 5.73 Å². The molecule has 21 heavy (non-hydrogen) atoms. The number of pyridine rings is 1. The van der Waals surface area contributed by atoms with E-state index in [1.807, 2.05) is 25.1 Å². The second kappa shape index (κ2) is 5.09. The number of hydrogen-bond acceptors (Lipinski definition) is 4. The fraction of sp³-hybridized carbons (Fsp3) is 0.375. The molecular formula is C16H19N3O2. The molecular weight excluding hydrogens is 266 g/mol. The molecule has 2 aromatic rings. The molecule has 1 aliphatic heterocycles. The summed E-state index contributed by atoms with van der Waals surface area (Å²) in [6, 6.07) is 10.1. The number of carboxylic acid groups (broad SMARTS) is 1. The number of aromatic nitrogens is 1. The van der Waals surface area contributed by atoms with E-state index < -0.39 is 11.5 Å². The Morgan fingerprint density at radius 3 is 2.95 bits per heavy atom. The first-order chi connectivity index (χ1) is 9.98. The van der Waals surface area contributed by atoms with E-state index in [0.717, 1.165) is 16.6 Å². The van der Waals surface area contributed by atoms with Gasteiger partial charge in [0.1, 0.15) is 5.54 Å². The van der Waals surface area contributed by atoms with Crippen LogP contribution in [0, 0.1) is 6.92 Å². The minimum absolute atomic E-state index is 0.387. The van der Waals surface area contributed by atoms with Gasteiger partial charge in [0.25, 0.3) is 0 Å². The number of aryl methyl sites for hydroxylation is 1. The molecule has 5 nitrogen and oxygen atoms in total. The summed E-state index contributed by atoms with van der Waals surface area (Å²) in [6.45, 7) is 3.77. The maximum absolute atomic E-state index is 11.2. The third-order valence-electron chi connectivity index (χ3n) is 4.13. The van der Waals surface area contributed by atoms with Crippen LogP contribution in [0.15, 0.2) is 30.3 Å². The van der Waals surface area contributed by atoms with Crippen LogP contribution in [0.4, 0.5) is 0 Å². The third-order valence-corrected chi connectivity index (χ3v) is 4.13. The maximum Gasteiger partial charge on any atom is 0.325 e. The summed E-state index contributed by atoms with van der Waals surface area (Å²) in [5, 5.41) is 10.3. The molecule has 110 valence electrons. The maximum atomic E-state index is 11.2. The predicted molar refractivity (Wildman–Crippen MR) is 80.9 cm³/mol. The SMILES string of the molecule is Cc1cc(CN2CCC(N)(C(=O)O)C2)c2ccccc2n1. The zero-order valence-electron chi connectivity index (χ0n) is 12.0. The molecule has 1 unspecified atom stereocenters. The third kappa shape index (κ3) is 2.62. The first kappa shape index (κ1) is 14.0. The number of fused-ring (bicyclic) bond motifs is 1. The lowest BCUT2D eigenvalue weighted by Gasteiger charge is -2.20. The Morgan fingerprint density at radius 2 is 2.24 bits per heavy atom. The van der Waals surface area contributed by atoms with Gasteiger partial charge < -0.3 is 10.8 Å². The number of hydrogen-bond donors (Lipinski definition) is 2. The average molecular weight is 285 g/mol. The minimum atomic E-state index is -1.11. The highest BCUT2D eigenvalue weighted by Crippen LogP contribution is 2.24. The highest BCUT2D eigenvalue weighted by Gasteiger charge is 2.41. The van der Waals surface area contributed by atoms with Crippen LogP contribution in [0.25, 0.3) is 10.9 Å². The number of nitrogens with two attached hydrogens (primary N) is 1. The molecule has 0 radical (unpaired) electrons. The molecule has 1 fully saturated rings. The number of para-hydroxylation sites is 1. The largest absolute Gasteiger partial charge is 0.480 e. The zero-order valence-corrected chi connectivity index (χ0v) is 12.0. The molecule has 3 rings (SSSR count). The van der Waals surface area contributed by atoms with Gasteiger partial charge >= 0.3 is 5.97 Å². The summed E-state index contributed by atoms with van der Waals surface area (Å²) in [5.41, 5.74) is 7.94. The van der Waals surface area contributed by atoms with Gasteiger partial charge in [-0.15, -0.1) is 0 Å². The van der Waals surface area contributed by atoms with Crippen molar-refractivity contribution < 1.29 is 9.90 Å². The Labute approximate surface area is 123 Å². The molecule has 0 saturated carbocycles. The van der Waals surface area contributed by atoms with Gasteiger partial charge in [0, 0.05) is 30.7 Å². The van der Waals surface area contributed by atoms with Crippen molar-refractivity contribution in [1.29, 1.82) is 0 Å². The molecule has 1 saturated heterocycles. The van der Waals surface area contributed by atoms with E-state index in [9.17, 15) is 9.90 Å². The van der Waals surface area contributed by atoms with E-state index in [1.54, 1.807) is 0 Å². The molecule has 2 heterocycles. The molecule has 1 aliphatic rings. The molecule has 0 bridgehead atoms. The Hall–Kier alpha value is -1.98. The number of likely N-dealkylation sites (tertiary alicyclic amines) is 1. The van der Waals surface area contributed by atoms with Crippen molar-refractivity contribution in [3.8, 4) is 0 Å². The van der Waals surface area contributed by atoms with E-state index in [1.165, 1.54) is 5.56 Å². The Balaban J connectivity index is 1.88. The lowest BCUT2D eigenvalue weighted by molar-refractivity contribution is -0.142. The van der Waals surface area contributed by atoms with E-state index >= 15 is 0 Å². The fourth-order valence-corrected chi connectivity index (χ4v) is 2.99. The van der Waals surface area contributed by atoms with Crippen molar-refractivity contribution >= 4 is 16.9 Å². The van der Waals surface area contributed by atoms with Gasteiger partial charge in [-0.3, -0.25) is 14.7 Å². The Kier molecular flexibility index (Phi) is 3.39. The van der Waals surface area contributed by atoms with Crippen LogP contribution < -0.4 is 5.73 Å². The number of rotatable bonds is 3. The predicted octanol–water partition coefficient (Wildman–Crippen LogP) is 1.53. The van der Waals surface area contributed by atoms with Gasteiger partial charge in [0.15, 0.2) is 0 Å². The smallest absolute Gasteiger partial charge is 0.325 e. The summed E-state index contributed by atoms with van der Waals surface area (Å²) < 4.78 is 0. The average Bonchev–Trinajstić information content (AvgIpc) is 2.81. The van der Waals surface area contributed by atoms with Crippen molar-refractivity contribution in [3.63, 3.8) is 0 Å². The van der Waals surface area contributed by atoms with E-state index in [0.29, 0.717) is 26.1 Å². The van der Waals surface area contributed by atoms with Crippen molar-refractivity contribution in [2.75, 3.05) is 13.1 Å². The van der Waals surface area contributed by atoms with Crippen LogP contribution >= 0.6 is 0 Å². The number of nitrogens with zero attached hydrogens (tertiary/aromatic N) is 2. The quantitative estimate of drug-likeness (QED) is 0.894. The monoisotopic (exact) mass is 285 g/mol. The lowest BCUT2D eigenvalue weighted by atomic mass is 10.0. The first-order valence-electron chi connectivity index (χ1n) is 7.08. The van der Waals surface area contributed by atoms with Crippen LogP contribution in [-0.2, 0) is 11.3 Å². The highest BCUT2D eigenvalue weighted by atomic mass is 16.4. The van der Waals surface area contributed by atoms with Gasteiger partial charge in [-0.25, -0.2) is 0 Å². The molecule has 1 atom stereocenters. The summed E-state index contributed by atoms with van der Waals surface area (Å²) in [4.78, 5) is 17.9. The number of aliphatic carboxylic acids is 1. The number of carboxylic acids is 1. The molecule has 0 spiro atoms. The highest BCUT2D eigenvalue weighted by molar-refractivity contribution is 5.82. The number of carbonyl (C=O) groups is 1. The summed E-state index contributed by atoms with van der Waals surface area (Å²) in [7, 11) is 0. The van der Waals surface area contributed by atoms with Crippen LogP contribution in [0.2, 0.25) is 0 Å². The molecule has 0 aliphatic carbocycles. The fourth-order valence-electron chi connectivity index (χ4n) is 2.99. The van der Waals surface area contributed by atoms with Crippen molar-refractivity contribution in [1.82, 2.24) is 9.88 Å². The Morgan fingerprint density at radius 1 is 1.48 bits per heavy atom. The van der Waals surface area contributed by atoms with Crippen LogP contribution in [0.1, 0.15) is 17.7 Å². The van der Waals surface area contributed by atoms with Gasteiger partial charge in [0.2, 0.25) is 0 Å². The molecule has 1 aromatic heterocycles. The van der Waals surface area contributed by atoms with Crippen molar-refractivity contribution in [3.05, 3.63) is 41.6 Å². The standard InChI is InChI=1S/C16H19N3O2/c1-11-8-12(13-4-2-3-5-14(13)18-11)9-19-7-6-16(17,10-19)15(20)21/h2-5,8H,6-7,9-10,17H2,1H3,(H,20,21). The van der Waals surface area contributed by atoms with Gasteiger partial charge in [-0.05, 0) is 31.0 Å². The van der Waals surface area contributed by atoms with Crippen molar-refractivity contribution in [2.45, 2.75) is 25.4 Å². The minimum Gasteiger partial charge on any atom is -0.480 e. The lowest BCUT2D eigenvalue weighted by Crippen LogP contribution is -2.50. The first-order valence-corrected chi connectivity index (χ1v) is 7.08. The van der Waals surface area contributed by atoms with Crippen LogP contribution in [0.3, 0.4) is 0 Å². The Bertz CT molecular complexity index is 701. The van der Waals surface area contributed by atoms with Crippen molar-refractivity contribution in [2.24, 2.45) is 5.73 Å². The normalized spacial score (nSPS) is 22.8. The zero-order chi connectivity index (χ0) is 15.0. The topological polar surface area (TPSA) is 79.5 Å². The van der Waals surface area contributed by atoms with Gasteiger partial charge in [0.05, 0.1) is 5.52 Å². The molecule has 0 amide bonds.